The Bertz CT molecular complexity index is 614. The third-order valence-electron chi connectivity index (χ3n) is 4.71. The van der Waals surface area contributed by atoms with E-state index in [0.29, 0.717) is 18.9 Å². The highest BCUT2D eigenvalue weighted by Crippen LogP contribution is 2.35. The second-order valence-electron chi connectivity index (χ2n) is 6.83. The van der Waals surface area contributed by atoms with Gasteiger partial charge < -0.3 is 5.11 Å². The SMILES string of the molecule is CC1=NN(C(=O)CN2CCCC(C)C2)C(c2ccccc2O)C1. The van der Waals surface area contributed by atoms with Crippen molar-refractivity contribution in [1.29, 1.82) is 0 Å². The lowest BCUT2D eigenvalue weighted by Crippen LogP contribution is -2.42. The van der Waals surface area contributed by atoms with E-state index in [1.54, 1.807) is 17.1 Å². The first-order valence-corrected chi connectivity index (χ1v) is 8.41. The number of nitrogens with zero attached hydrogens (tertiary/aromatic N) is 3. The predicted molar refractivity (Wildman–Crippen MR) is 90.3 cm³/mol. The number of benzene rings is 1. The number of carbonyl (C=O) groups excluding carboxylic acids is 1. The maximum atomic E-state index is 12.8. The van der Waals surface area contributed by atoms with Crippen LogP contribution < -0.4 is 0 Å². The monoisotopic (exact) mass is 315 g/mol. The summed E-state index contributed by atoms with van der Waals surface area (Å²) in [6.45, 7) is 6.53. The fourth-order valence-electron chi connectivity index (χ4n) is 3.60. The number of likely N-dealkylation sites (tertiary alicyclic amines) is 1. The summed E-state index contributed by atoms with van der Waals surface area (Å²) in [5.41, 5.74) is 1.70. The molecule has 0 spiro atoms. The van der Waals surface area contributed by atoms with Gasteiger partial charge in [-0.3, -0.25) is 9.69 Å². The van der Waals surface area contributed by atoms with E-state index in [9.17, 15) is 9.90 Å². The van der Waals surface area contributed by atoms with E-state index < -0.39 is 0 Å². The molecule has 5 heteroatoms. The summed E-state index contributed by atoms with van der Waals surface area (Å²) in [6.07, 6.45) is 3.07. The molecule has 124 valence electrons. The van der Waals surface area contributed by atoms with E-state index in [-0.39, 0.29) is 17.7 Å². The first-order chi connectivity index (χ1) is 11.0. The van der Waals surface area contributed by atoms with Crippen molar-refractivity contribution in [2.45, 2.75) is 39.2 Å². The number of para-hydroxylation sites is 1. The van der Waals surface area contributed by atoms with Crippen molar-refractivity contribution < 1.29 is 9.90 Å². The lowest BCUT2D eigenvalue weighted by Gasteiger charge is -2.32. The van der Waals surface area contributed by atoms with Crippen LogP contribution in [0.1, 0.15) is 44.7 Å². The largest absolute Gasteiger partial charge is 0.508 e. The number of piperidine rings is 1. The lowest BCUT2D eigenvalue weighted by molar-refractivity contribution is -0.134. The van der Waals surface area contributed by atoms with Gasteiger partial charge in [0.05, 0.1) is 12.6 Å². The minimum atomic E-state index is -0.189. The number of rotatable bonds is 3. The van der Waals surface area contributed by atoms with Crippen LogP contribution >= 0.6 is 0 Å². The molecule has 1 saturated heterocycles. The summed E-state index contributed by atoms with van der Waals surface area (Å²) in [4.78, 5) is 15.0. The molecule has 0 radical (unpaired) electrons. The van der Waals surface area contributed by atoms with E-state index in [0.717, 1.165) is 30.8 Å². The van der Waals surface area contributed by atoms with E-state index in [1.165, 1.54) is 6.42 Å². The molecule has 0 saturated carbocycles. The van der Waals surface area contributed by atoms with Gasteiger partial charge in [-0.05, 0) is 38.3 Å². The van der Waals surface area contributed by atoms with Crippen LogP contribution in [0.3, 0.4) is 0 Å². The molecule has 1 amide bonds. The van der Waals surface area contributed by atoms with Gasteiger partial charge >= 0.3 is 0 Å². The molecule has 1 fully saturated rings. The number of carbonyl (C=O) groups is 1. The molecule has 2 atom stereocenters. The summed E-state index contributed by atoms with van der Waals surface area (Å²) in [6, 6.07) is 7.03. The molecule has 3 rings (SSSR count). The van der Waals surface area contributed by atoms with Crippen LogP contribution in [0, 0.1) is 5.92 Å². The highest BCUT2D eigenvalue weighted by molar-refractivity contribution is 5.89. The number of phenols is 1. The molecule has 5 nitrogen and oxygen atoms in total. The van der Waals surface area contributed by atoms with Gasteiger partial charge in [-0.1, -0.05) is 25.1 Å². The molecule has 0 bridgehead atoms. The van der Waals surface area contributed by atoms with E-state index in [2.05, 4.69) is 16.9 Å². The predicted octanol–water partition coefficient (Wildman–Crippen LogP) is 2.77. The van der Waals surface area contributed by atoms with Crippen molar-refractivity contribution in [3.05, 3.63) is 29.8 Å². The number of hydrazone groups is 1. The molecule has 0 aliphatic carbocycles. The molecule has 2 aliphatic heterocycles. The zero-order valence-electron chi connectivity index (χ0n) is 13.9. The minimum Gasteiger partial charge on any atom is -0.508 e. The molecular formula is C18H25N3O2. The third kappa shape index (κ3) is 3.55. The standard InChI is InChI=1S/C18H25N3O2/c1-13-6-5-9-20(11-13)12-18(23)21-16(10-14(2)19-21)15-7-3-4-8-17(15)22/h3-4,7-8,13,16,22H,5-6,9-12H2,1-2H3. The van der Waals surface area contributed by atoms with Gasteiger partial charge in [-0.2, -0.15) is 5.10 Å². The Kier molecular flexibility index (Phi) is 4.66. The molecule has 23 heavy (non-hydrogen) atoms. The number of hydrogen-bond donors (Lipinski definition) is 1. The van der Waals surface area contributed by atoms with Crippen LogP contribution in [-0.2, 0) is 4.79 Å². The van der Waals surface area contributed by atoms with Gasteiger partial charge in [-0.25, -0.2) is 5.01 Å². The zero-order valence-corrected chi connectivity index (χ0v) is 13.9. The van der Waals surface area contributed by atoms with E-state index in [4.69, 9.17) is 0 Å². The Morgan fingerprint density at radius 2 is 2.17 bits per heavy atom. The Labute approximate surface area is 137 Å². The van der Waals surface area contributed by atoms with Crippen LogP contribution in [0.25, 0.3) is 0 Å². The maximum absolute atomic E-state index is 12.8. The van der Waals surface area contributed by atoms with Crippen molar-refractivity contribution in [2.75, 3.05) is 19.6 Å². The minimum absolute atomic E-state index is 0.0178. The normalized spacial score (nSPS) is 25.5. The smallest absolute Gasteiger partial charge is 0.257 e. The van der Waals surface area contributed by atoms with Crippen LogP contribution in [0.5, 0.6) is 5.75 Å². The second-order valence-corrected chi connectivity index (χ2v) is 6.83. The zero-order chi connectivity index (χ0) is 16.4. The Balaban J connectivity index is 1.73. The summed E-state index contributed by atoms with van der Waals surface area (Å²) in [5, 5.41) is 16.1. The summed E-state index contributed by atoms with van der Waals surface area (Å²) in [5.74, 6) is 0.894. The molecular weight excluding hydrogens is 290 g/mol. The average molecular weight is 315 g/mol. The fraction of sp³-hybridized carbons (Fsp3) is 0.556. The van der Waals surface area contributed by atoms with Crippen molar-refractivity contribution >= 4 is 11.6 Å². The average Bonchev–Trinajstić information content (AvgIpc) is 2.89. The van der Waals surface area contributed by atoms with Crippen LogP contribution in [0.15, 0.2) is 29.4 Å². The summed E-state index contributed by atoms with van der Waals surface area (Å²) in [7, 11) is 0. The topological polar surface area (TPSA) is 56.1 Å². The highest BCUT2D eigenvalue weighted by atomic mass is 16.3. The number of amides is 1. The highest BCUT2D eigenvalue weighted by Gasteiger charge is 2.33. The van der Waals surface area contributed by atoms with Gasteiger partial charge in [0.1, 0.15) is 5.75 Å². The molecule has 2 aliphatic rings. The van der Waals surface area contributed by atoms with Crippen LogP contribution in [-0.4, -0.2) is 46.3 Å². The first-order valence-electron chi connectivity index (χ1n) is 8.41. The van der Waals surface area contributed by atoms with Crippen molar-refractivity contribution in [3.63, 3.8) is 0 Å². The van der Waals surface area contributed by atoms with Gasteiger partial charge in [0.2, 0.25) is 0 Å². The molecule has 1 aromatic carbocycles. The van der Waals surface area contributed by atoms with Crippen molar-refractivity contribution in [1.82, 2.24) is 9.91 Å². The number of aromatic hydroxyl groups is 1. The molecule has 0 aromatic heterocycles. The van der Waals surface area contributed by atoms with Gasteiger partial charge in [0.15, 0.2) is 0 Å². The molecule has 1 N–H and O–H groups in total. The molecule has 2 heterocycles. The first kappa shape index (κ1) is 16.0. The van der Waals surface area contributed by atoms with E-state index >= 15 is 0 Å². The molecule has 2 unspecified atom stereocenters. The summed E-state index contributed by atoms with van der Waals surface area (Å²) < 4.78 is 0. The Morgan fingerprint density at radius 3 is 2.91 bits per heavy atom. The maximum Gasteiger partial charge on any atom is 0.257 e. The van der Waals surface area contributed by atoms with Crippen LogP contribution in [0.4, 0.5) is 0 Å². The number of phenolic OH excluding ortho intramolecular Hbond substituents is 1. The van der Waals surface area contributed by atoms with Gasteiger partial charge in [0, 0.05) is 24.2 Å². The Morgan fingerprint density at radius 1 is 1.39 bits per heavy atom. The second kappa shape index (κ2) is 6.71. The summed E-state index contributed by atoms with van der Waals surface area (Å²) >= 11 is 0. The van der Waals surface area contributed by atoms with Crippen molar-refractivity contribution in [3.8, 4) is 5.75 Å². The molecule has 1 aromatic rings. The fourth-order valence-corrected chi connectivity index (χ4v) is 3.60. The Hall–Kier alpha value is -1.88. The lowest BCUT2D eigenvalue weighted by atomic mass is 10.00. The van der Waals surface area contributed by atoms with E-state index in [1.807, 2.05) is 19.1 Å². The quantitative estimate of drug-likeness (QED) is 0.933. The van der Waals surface area contributed by atoms with Crippen molar-refractivity contribution in [2.24, 2.45) is 11.0 Å². The van der Waals surface area contributed by atoms with Gasteiger partial charge in [0.25, 0.3) is 5.91 Å². The van der Waals surface area contributed by atoms with Gasteiger partial charge in [-0.15, -0.1) is 0 Å². The van der Waals surface area contributed by atoms with Crippen LogP contribution in [0.2, 0.25) is 0 Å². The number of hydrogen-bond acceptors (Lipinski definition) is 4. The third-order valence-corrected chi connectivity index (χ3v) is 4.71.